The van der Waals surface area contributed by atoms with Crippen LogP contribution in [0.3, 0.4) is 0 Å². The van der Waals surface area contributed by atoms with E-state index in [9.17, 15) is 9.59 Å². The van der Waals surface area contributed by atoms with Gasteiger partial charge in [0.15, 0.2) is 0 Å². The predicted octanol–water partition coefficient (Wildman–Crippen LogP) is 0.381. The molecule has 0 unspecified atom stereocenters. The molecular weight excluding hydrogens is 267 g/mol. The maximum absolute atomic E-state index is 10.6. The van der Waals surface area contributed by atoms with Crippen LogP contribution >= 0.6 is 7.82 Å². The fourth-order valence-electron chi connectivity index (χ4n) is 0.887. The number of para-hydroxylation sites is 1. The Labute approximate surface area is 102 Å². The summed E-state index contributed by atoms with van der Waals surface area (Å²) in [6.07, 6.45) is 0. The molecule has 9 heteroatoms. The maximum atomic E-state index is 10.6. The van der Waals surface area contributed by atoms with E-state index in [4.69, 9.17) is 24.4 Å². The van der Waals surface area contributed by atoms with Crippen molar-refractivity contribution in [2.24, 2.45) is 0 Å². The second-order valence-electron chi connectivity index (χ2n) is 2.91. The van der Waals surface area contributed by atoms with E-state index >= 15 is 0 Å². The molecule has 0 aliphatic rings. The second-order valence-corrected chi connectivity index (χ2v) is 3.93. The van der Waals surface area contributed by atoms with Crippen molar-refractivity contribution < 1.29 is 38.7 Å². The van der Waals surface area contributed by atoms with Gasteiger partial charge in [-0.2, -0.15) is 0 Å². The quantitative estimate of drug-likeness (QED) is 0.345. The summed E-state index contributed by atoms with van der Waals surface area (Å²) in [5, 5.41) is 8.69. The highest BCUT2D eigenvalue weighted by Crippen LogP contribution is 2.25. The van der Waals surface area contributed by atoms with Gasteiger partial charge in [-0.05, 0) is 12.1 Å². The third-order valence-electron chi connectivity index (χ3n) is 1.37. The van der Waals surface area contributed by atoms with Gasteiger partial charge in [0.05, 0.1) is 0 Å². The van der Waals surface area contributed by atoms with Crippen LogP contribution in [-0.2, 0) is 9.36 Å². The Morgan fingerprint density at radius 1 is 1.17 bits per heavy atom. The number of carbonyl (C=O) groups is 2. The summed E-state index contributed by atoms with van der Waals surface area (Å²) in [6.45, 7) is 1.22. The minimum atomic E-state index is -4.64. The number of carbonyl (C=O) groups excluding carboxylic acids is 1. The van der Waals surface area contributed by atoms with Crippen molar-refractivity contribution in [3.63, 3.8) is 0 Å². The standard InChI is InChI=1S/C9H8O4.H3O4P/c1-6(10)13-8-5-3-2-4-7(8)9(11)12;1-5(2,3)4/h2-5H,1H3,(H,11,12);(H3,1,2,3,4). The lowest BCUT2D eigenvalue weighted by molar-refractivity contribution is -0.131. The predicted molar refractivity (Wildman–Crippen MR) is 59.0 cm³/mol. The topological polar surface area (TPSA) is 141 Å². The van der Waals surface area contributed by atoms with E-state index in [0.29, 0.717) is 0 Å². The van der Waals surface area contributed by atoms with Gasteiger partial charge in [0.2, 0.25) is 0 Å². The SMILES string of the molecule is CC(=O)Oc1ccccc1C(=O)O.O=P(O)(O)O. The number of esters is 1. The number of rotatable bonds is 2. The largest absolute Gasteiger partial charge is 0.478 e. The van der Waals surface area contributed by atoms with Gasteiger partial charge in [-0.1, -0.05) is 12.1 Å². The number of hydrogen-bond acceptors (Lipinski definition) is 4. The third-order valence-corrected chi connectivity index (χ3v) is 1.37. The van der Waals surface area contributed by atoms with Crippen LogP contribution in [0, 0.1) is 0 Å². The van der Waals surface area contributed by atoms with Gasteiger partial charge in [-0.25, -0.2) is 9.36 Å². The van der Waals surface area contributed by atoms with Gasteiger partial charge in [-0.15, -0.1) is 0 Å². The van der Waals surface area contributed by atoms with E-state index in [1.807, 2.05) is 0 Å². The Hall–Kier alpha value is -1.73. The molecule has 0 amide bonds. The van der Waals surface area contributed by atoms with Crippen molar-refractivity contribution in [3.05, 3.63) is 29.8 Å². The van der Waals surface area contributed by atoms with E-state index < -0.39 is 19.8 Å². The molecule has 1 rings (SSSR count). The number of carboxylic acid groups (broad SMARTS) is 1. The smallest absolute Gasteiger partial charge is 0.466 e. The highest BCUT2D eigenvalue weighted by molar-refractivity contribution is 7.45. The summed E-state index contributed by atoms with van der Waals surface area (Å²) in [7, 11) is -4.64. The molecule has 1 aromatic rings. The first-order chi connectivity index (χ1) is 8.11. The minimum Gasteiger partial charge on any atom is -0.478 e. The Morgan fingerprint density at radius 3 is 2.00 bits per heavy atom. The number of carboxylic acids is 1. The number of aromatic carboxylic acids is 1. The summed E-state index contributed by atoms with van der Waals surface area (Å²) in [4.78, 5) is 42.7. The molecule has 0 saturated carbocycles. The molecule has 0 saturated heterocycles. The van der Waals surface area contributed by atoms with Gasteiger partial charge in [0.25, 0.3) is 0 Å². The Morgan fingerprint density at radius 2 is 1.61 bits per heavy atom. The molecule has 0 atom stereocenters. The molecule has 18 heavy (non-hydrogen) atoms. The molecule has 0 aliphatic heterocycles. The lowest BCUT2D eigenvalue weighted by Gasteiger charge is -2.03. The molecule has 0 aromatic heterocycles. The van der Waals surface area contributed by atoms with Crippen LogP contribution in [0.25, 0.3) is 0 Å². The summed E-state index contributed by atoms with van der Waals surface area (Å²) < 4.78 is 13.6. The number of phosphoric acid groups is 1. The van der Waals surface area contributed by atoms with E-state index in [1.165, 1.54) is 19.1 Å². The first kappa shape index (κ1) is 16.3. The van der Waals surface area contributed by atoms with E-state index in [-0.39, 0.29) is 11.3 Å². The average Bonchev–Trinajstić information content (AvgIpc) is 2.14. The van der Waals surface area contributed by atoms with Crippen molar-refractivity contribution in [1.82, 2.24) is 0 Å². The fourth-order valence-corrected chi connectivity index (χ4v) is 0.887. The van der Waals surface area contributed by atoms with Crippen molar-refractivity contribution in [2.75, 3.05) is 0 Å². The van der Waals surface area contributed by atoms with Crippen LogP contribution in [0.2, 0.25) is 0 Å². The lowest BCUT2D eigenvalue weighted by atomic mass is 10.2. The molecule has 0 fully saturated rings. The number of ether oxygens (including phenoxy) is 1. The first-order valence-electron chi connectivity index (χ1n) is 4.40. The van der Waals surface area contributed by atoms with E-state index in [0.717, 1.165) is 0 Å². The van der Waals surface area contributed by atoms with Crippen molar-refractivity contribution in [2.45, 2.75) is 6.92 Å². The van der Waals surface area contributed by atoms with Crippen molar-refractivity contribution in [3.8, 4) is 5.75 Å². The van der Waals surface area contributed by atoms with E-state index in [2.05, 4.69) is 4.74 Å². The minimum absolute atomic E-state index is 0.0160. The molecule has 100 valence electrons. The normalized spacial score (nSPS) is 10.0. The summed E-state index contributed by atoms with van der Waals surface area (Å²) >= 11 is 0. The second kappa shape index (κ2) is 6.87. The third kappa shape index (κ3) is 8.43. The van der Waals surface area contributed by atoms with Crippen LogP contribution in [0.4, 0.5) is 0 Å². The van der Waals surface area contributed by atoms with Gasteiger partial charge in [-0.3, -0.25) is 4.79 Å². The molecule has 0 radical (unpaired) electrons. The van der Waals surface area contributed by atoms with Crippen LogP contribution in [0.1, 0.15) is 17.3 Å². The van der Waals surface area contributed by atoms with Crippen LogP contribution in [-0.4, -0.2) is 31.7 Å². The van der Waals surface area contributed by atoms with Crippen molar-refractivity contribution in [1.29, 1.82) is 0 Å². The molecule has 4 N–H and O–H groups in total. The van der Waals surface area contributed by atoms with Crippen LogP contribution < -0.4 is 4.74 Å². The highest BCUT2D eigenvalue weighted by atomic mass is 31.2. The zero-order valence-corrected chi connectivity index (χ0v) is 10.1. The molecule has 8 nitrogen and oxygen atoms in total. The highest BCUT2D eigenvalue weighted by Gasteiger charge is 2.10. The number of hydrogen-bond donors (Lipinski definition) is 4. The monoisotopic (exact) mass is 278 g/mol. The number of benzene rings is 1. The fraction of sp³-hybridized carbons (Fsp3) is 0.111. The Balaban J connectivity index is 0.000000494. The average molecular weight is 278 g/mol. The lowest BCUT2D eigenvalue weighted by Crippen LogP contribution is -2.06. The molecule has 1 aromatic carbocycles. The zero-order chi connectivity index (χ0) is 14.3. The molecule has 0 heterocycles. The zero-order valence-electron chi connectivity index (χ0n) is 9.18. The van der Waals surface area contributed by atoms with E-state index in [1.54, 1.807) is 12.1 Å². The van der Waals surface area contributed by atoms with Gasteiger partial charge < -0.3 is 24.5 Å². The van der Waals surface area contributed by atoms with Gasteiger partial charge >= 0.3 is 19.8 Å². The Kier molecular flexibility index (Phi) is 6.21. The van der Waals surface area contributed by atoms with Crippen molar-refractivity contribution >= 4 is 19.8 Å². The maximum Gasteiger partial charge on any atom is 0.466 e. The van der Waals surface area contributed by atoms with Gasteiger partial charge in [0.1, 0.15) is 11.3 Å². The van der Waals surface area contributed by atoms with Crippen LogP contribution in [0.5, 0.6) is 5.75 Å². The summed E-state index contributed by atoms with van der Waals surface area (Å²) in [6, 6.07) is 5.98. The molecule has 0 aliphatic carbocycles. The first-order valence-corrected chi connectivity index (χ1v) is 5.97. The summed E-state index contributed by atoms with van der Waals surface area (Å²) in [5.74, 6) is -1.58. The van der Waals surface area contributed by atoms with Crippen LogP contribution in [0.15, 0.2) is 24.3 Å². The Bertz CT molecular complexity index is 469. The molecular formula is C9H11O8P. The molecule has 0 spiro atoms. The molecule has 0 bridgehead atoms. The summed E-state index contributed by atoms with van der Waals surface area (Å²) in [5.41, 5.74) is -0.0160. The van der Waals surface area contributed by atoms with Gasteiger partial charge in [0, 0.05) is 6.92 Å².